The predicted octanol–water partition coefficient (Wildman–Crippen LogP) is 3.67. The third-order valence-corrected chi connectivity index (χ3v) is 4.31. The van der Waals surface area contributed by atoms with Gasteiger partial charge < -0.3 is 10.3 Å². The Morgan fingerprint density at radius 1 is 1.55 bits per heavy atom. The summed E-state index contributed by atoms with van der Waals surface area (Å²) in [5.74, 6) is -0.404. The highest BCUT2D eigenvalue weighted by Crippen LogP contribution is 2.17. The Kier molecular flexibility index (Phi) is 4.67. The molecule has 0 saturated heterocycles. The van der Waals surface area contributed by atoms with Crippen molar-refractivity contribution in [1.29, 1.82) is 0 Å². The van der Waals surface area contributed by atoms with E-state index in [9.17, 15) is 9.18 Å². The first-order valence-electron chi connectivity index (χ1n) is 6.19. The second-order valence-corrected chi connectivity index (χ2v) is 6.36. The molecule has 2 aromatic rings. The molecule has 0 spiro atoms. The molecule has 3 nitrogen and oxygen atoms in total. The molecule has 1 heterocycles. The van der Waals surface area contributed by atoms with Crippen LogP contribution in [0.5, 0.6) is 0 Å². The molecule has 2 N–H and O–H groups in total. The number of carbonyl (C=O) groups excluding carboxylic acids is 1. The Morgan fingerprint density at radius 2 is 2.30 bits per heavy atom. The fourth-order valence-corrected chi connectivity index (χ4v) is 3.19. The maximum absolute atomic E-state index is 13.1. The molecule has 0 aliphatic heterocycles. The molecule has 20 heavy (non-hydrogen) atoms. The molecule has 0 bridgehead atoms. The number of aromatic nitrogens is 1. The van der Waals surface area contributed by atoms with E-state index in [-0.39, 0.29) is 24.2 Å². The minimum absolute atomic E-state index is 0.102. The van der Waals surface area contributed by atoms with Gasteiger partial charge in [0.25, 0.3) is 0 Å². The maximum atomic E-state index is 13.1. The predicted molar refractivity (Wildman–Crippen MR) is 80.9 cm³/mol. The monoisotopic (exact) mass is 310 g/mol. The molecule has 1 aromatic heterocycles. The van der Waals surface area contributed by atoms with Crippen LogP contribution in [0.25, 0.3) is 0 Å². The number of thiazole rings is 1. The summed E-state index contributed by atoms with van der Waals surface area (Å²) in [6, 6.07) is 6.00. The lowest BCUT2D eigenvalue weighted by atomic mass is 10.1. The lowest BCUT2D eigenvalue weighted by Gasteiger charge is -2.14. The van der Waals surface area contributed by atoms with Crippen LogP contribution in [0.15, 0.2) is 24.3 Å². The van der Waals surface area contributed by atoms with Crippen molar-refractivity contribution in [2.24, 2.45) is 0 Å². The zero-order chi connectivity index (χ0) is 14.7. The van der Waals surface area contributed by atoms with Gasteiger partial charge in [-0.1, -0.05) is 12.1 Å². The third kappa shape index (κ3) is 3.74. The summed E-state index contributed by atoms with van der Waals surface area (Å²) in [6.45, 7) is 3.73. The zero-order valence-electron chi connectivity index (χ0n) is 11.2. The Labute approximate surface area is 125 Å². The van der Waals surface area contributed by atoms with Crippen molar-refractivity contribution >= 4 is 29.5 Å². The molecule has 106 valence electrons. The second kappa shape index (κ2) is 6.28. The number of aromatic amines is 1. The van der Waals surface area contributed by atoms with Gasteiger partial charge in [-0.05, 0) is 43.8 Å². The quantitative estimate of drug-likeness (QED) is 0.846. The highest BCUT2D eigenvalue weighted by Gasteiger charge is 2.13. The molecule has 1 amide bonds. The van der Waals surface area contributed by atoms with Gasteiger partial charge in [0, 0.05) is 10.6 Å². The first-order chi connectivity index (χ1) is 9.45. The Morgan fingerprint density at radius 3 is 2.90 bits per heavy atom. The molecule has 0 aliphatic rings. The van der Waals surface area contributed by atoms with Crippen molar-refractivity contribution in [2.75, 3.05) is 0 Å². The summed E-state index contributed by atoms with van der Waals surface area (Å²) in [6.07, 6.45) is 0.281. The fourth-order valence-electron chi connectivity index (χ4n) is 1.90. The number of amides is 1. The van der Waals surface area contributed by atoms with E-state index in [1.807, 2.05) is 13.8 Å². The summed E-state index contributed by atoms with van der Waals surface area (Å²) < 4.78 is 13.8. The number of aryl methyl sites for hydroxylation is 1. The summed E-state index contributed by atoms with van der Waals surface area (Å²) in [4.78, 5) is 15.9. The lowest BCUT2D eigenvalue weighted by molar-refractivity contribution is -0.121. The second-order valence-electron chi connectivity index (χ2n) is 4.58. The molecular weight excluding hydrogens is 295 g/mol. The summed E-state index contributed by atoms with van der Waals surface area (Å²) in [5.41, 5.74) is 1.67. The number of halogens is 1. The topological polar surface area (TPSA) is 44.9 Å². The van der Waals surface area contributed by atoms with Crippen LogP contribution in [0.3, 0.4) is 0 Å². The van der Waals surface area contributed by atoms with E-state index >= 15 is 0 Å². The van der Waals surface area contributed by atoms with Crippen LogP contribution < -0.4 is 5.32 Å². The van der Waals surface area contributed by atoms with Gasteiger partial charge in [-0.15, -0.1) is 11.3 Å². The van der Waals surface area contributed by atoms with Crippen LogP contribution in [0, 0.1) is 16.7 Å². The van der Waals surface area contributed by atoms with Crippen LogP contribution in [0.4, 0.5) is 4.39 Å². The average molecular weight is 310 g/mol. The van der Waals surface area contributed by atoms with E-state index < -0.39 is 0 Å². The van der Waals surface area contributed by atoms with E-state index in [4.69, 9.17) is 12.2 Å². The van der Waals surface area contributed by atoms with Crippen LogP contribution in [-0.4, -0.2) is 10.9 Å². The highest BCUT2D eigenvalue weighted by atomic mass is 32.1. The Hall–Kier alpha value is -1.53. The first kappa shape index (κ1) is 14.9. The van der Waals surface area contributed by atoms with Gasteiger partial charge >= 0.3 is 0 Å². The summed E-state index contributed by atoms with van der Waals surface area (Å²) in [5, 5.41) is 2.86. The molecule has 1 unspecified atom stereocenters. The van der Waals surface area contributed by atoms with Gasteiger partial charge in [0.1, 0.15) is 5.82 Å². The molecule has 0 saturated carbocycles. The minimum atomic E-state index is -0.303. The van der Waals surface area contributed by atoms with Crippen LogP contribution in [-0.2, 0) is 11.2 Å². The molecule has 1 aromatic carbocycles. The summed E-state index contributed by atoms with van der Waals surface area (Å²) >= 11 is 6.45. The first-order valence-corrected chi connectivity index (χ1v) is 7.41. The van der Waals surface area contributed by atoms with Crippen molar-refractivity contribution in [3.8, 4) is 0 Å². The molecule has 0 aliphatic carbocycles. The van der Waals surface area contributed by atoms with E-state index in [1.165, 1.54) is 23.5 Å². The number of hydrogen-bond acceptors (Lipinski definition) is 3. The standard InChI is InChI=1S/C14H15FN2OS2/c1-8(10-4-3-5-11(15)6-10)16-13(18)7-12-9(2)17-14(19)20-12/h3-6,8H,7H2,1-2H3,(H,16,18)(H,17,19). The van der Waals surface area contributed by atoms with Gasteiger partial charge in [0.2, 0.25) is 5.91 Å². The SMILES string of the molecule is Cc1[nH]c(=S)sc1CC(=O)NC(C)c1cccc(F)c1. The van der Waals surface area contributed by atoms with E-state index in [0.29, 0.717) is 3.95 Å². The average Bonchev–Trinajstić information content (AvgIpc) is 2.67. The zero-order valence-corrected chi connectivity index (χ0v) is 12.8. The van der Waals surface area contributed by atoms with Crippen LogP contribution in [0.1, 0.15) is 29.1 Å². The number of hydrogen-bond donors (Lipinski definition) is 2. The molecule has 1 atom stereocenters. The molecule has 0 radical (unpaired) electrons. The van der Waals surface area contributed by atoms with E-state index in [2.05, 4.69) is 10.3 Å². The van der Waals surface area contributed by atoms with Crippen molar-refractivity contribution < 1.29 is 9.18 Å². The van der Waals surface area contributed by atoms with Crippen LogP contribution >= 0.6 is 23.6 Å². The van der Waals surface area contributed by atoms with Gasteiger partial charge in [-0.2, -0.15) is 0 Å². The normalized spacial score (nSPS) is 12.2. The number of carbonyl (C=O) groups is 1. The van der Waals surface area contributed by atoms with Gasteiger partial charge in [-0.25, -0.2) is 4.39 Å². The fraction of sp³-hybridized carbons (Fsp3) is 0.286. The van der Waals surface area contributed by atoms with Crippen molar-refractivity contribution in [3.63, 3.8) is 0 Å². The van der Waals surface area contributed by atoms with Crippen LogP contribution in [0.2, 0.25) is 0 Å². The number of rotatable bonds is 4. The minimum Gasteiger partial charge on any atom is -0.349 e. The van der Waals surface area contributed by atoms with E-state index in [1.54, 1.807) is 12.1 Å². The largest absolute Gasteiger partial charge is 0.349 e. The van der Waals surface area contributed by atoms with Gasteiger partial charge in [0.05, 0.1) is 12.5 Å². The van der Waals surface area contributed by atoms with Crippen molar-refractivity contribution in [3.05, 3.63) is 50.2 Å². The number of benzene rings is 1. The highest BCUT2D eigenvalue weighted by molar-refractivity contribution is 7.73. The lowest BCUT2D eigenvalue weighted by Crippen LogP contribution is -2.28. The maximum Gasteiger partial charge on any atom is 0.225 e. The number of nitrogens with one attached hydrogen (secondary N) is 2. The third-order valence-electron chi connectivity index (χ3n) is 2.97. The summed E-state index contributed by atoms with van der Waals surface area (Å²) in [7, 11) is 0. The number of H-pyrrole nitrogens is 1. The van der Waals surface area contributed by atoms with Gasteiger partial charge in [0.15, 0.2) is 3.95 Å². The van der Waals surface area contributed by atoms with Crippen molar-refractivity contribution in [1.82, 2.24) is 10.3 Å². The van der Waals surface area contributed by atoms with Gasteiger partial charge in [-0.3, -0.25) is 4.79 Å². The molecular formula is C14H15FN2OS2. The molecule has 0 fully saturated rings. The van der Waals surface area contributed by atoms with E-state index in [0.717, 1.165) is 16.1 Å². The Balaban J connectivity index is 2.01. The smallest absolute Gasteiger partial charge is 0.225 e. The van der Waals surface area contributed by atoms with Crippen molar-refractivity contribution in [2.45, 2.75) is 26.3 Å². The molecule has 2 rings (SSSR count). The Bertz CT molecular complexity index is 678. The molecule has 6 heteroatoms.